The van der Waals surface area contributed by atoms with E-state index in [9.17, 15) is 9.59 Å². The molecule has 0 saturated heterocycles. The van der Waals surface area contributed by atoms with Gasteiger partial charge in [-0.3, -0.25) is 9.59 Å². The summed E-state index contributed by atoms with van der Waals surface area (Å²) in [6.07, 6.45) is 7.18. The number of rotatable bonds is 10. The van der Waals surface area contributed by atoms with Gasteiger partial charge in [-0.15, -0.1) is 0 Å². The van der Waals surface area contributed by atoms with Crippen LogP contribution in [-0.2, 0) is 19.1 Å². The Balaban J connectivity index is 1.46. The van der Waals surface area contributed by atoms with Crippen LogP contribution in [0.25, 0.3) is 0 Å². The first-order valence-corrected chi connectivity index (χ1v) is 9.93. The van der Waals surface area contributed by atoms with Gasteiger partial charge in [0.15, 0.2) is 0 Å². The monoisotopic (exact) mass is 353 g/mol. The third kappa shape index (κ3) is 7.45. The van der Waals surface area contributed by atoms with E-state index in [0.29, 0.717) is 31.0 Å². The van der Waals surface area contributed by atoms with Crippen LogP contribution in [0.3, 0.4) is 0 Å². The highest BCUT2D eigenvalue weighted by Crippen LogP contribution is 2.29. The molecule has 5 heteroatoms. The second-order valence-electron chi connectivity index (χ2n) is 8.14. The molecule has 0 aromatic heterocycles. The van der Waals surface area contributed by atoms with Gasteiger partial charge in [0.25, 0.3) is 0 Å². The lowest BCUT2D eigenvalue weighted by atomic mass is 9.78. The van der Waals surface area contributed by atoms with E-state index in [1.54, 1.807) is 6.92 Å². The maximum atomic E-state index is 11.9. The zero-order valence-electron chi connectivity index (χ0n) is 16.1. The highest BCUT2D eigenvalue weighted by molar-refractivity contribution is 5.80. The number of nitrogens with one attached hydrogen (secondary N) is 1. The van der Waals surface area contributed by atoms with E-state index in [-0.39, 0.29) is 23.7 Å². The average molecular weight is 354 g/mol. The first-order valence-electron chi connectivity index (χ1n) is 9.93. The Morgan fingerprint density at radius 1 is 1.04 bits per heavy atom. The van der Waals surface area contributed by atoms with Crippen LogP contribution < -0.4 is 5.32 Å². The minimum Gasteiger partial charge on any atom is -0.381 e. The molecule has 0 bridgehead atoms. The zero-order chi connectivity index (χ0) is 18.2. The summed E-state index contributed by atoms with van der Waals surface area (Å²) in [5.74, 6) is 1.76. The molecule has 2 fully saturated rings. The van der Waals surface area contributed by atoms with Crippen molar-refractivity contribution < 1.29 is 19.1 Å². The molecular formula is C20H35NO4. The molecule has 0 atom stereocenters. The second-order valence-corrected chi connectivity index (χ2v) is 8.14. The lowest BCUT2D eigenvalue weighted by Crippen LogP contribution is -2.46. The molecule has 2 aliphatic carbocycles. The number of carbonyl (C=O) groups is 2. The van der Waals surface area contributed by atoms with Crippen molar-refractivity contribution >= 4 is 11.7 Å². The van der Waals surface area contributed by atoms with E-state index in [0.717, 1.165) is 26.1 Å². The number of amides is 1. The predicted molar refractivity (Wildman–Crippen MR) is 97.3 cm³/mol. The summed E-state index contributed by atoms with van der Waals surface area (Å²) in [4.78, 5) is 23.0. The van der Waals surface area contributed by atoms with E-state index < -0.39 is 0 Å². The summed E-state index contributed by atoms with van der Waals surface area (Å²) in [5.41, 5.74) is 0. The molecule has 0 aromatic rings. The van der Waals surface area contributed by atoms with Gasteiger partial charge in [-0.1, -0.05) is 0 Å². The minimum absolute atomic E-state index is 0.0431. The fourth-order valence-electron chi connectivity index (χ4n) is 3.68. The SMILES string of the molecule is CC(=O)[C@H]1C[C@@H](NC(=O)CCOC[C@H]2CC[C@@H](COC(C)C)CC2)C1. The summed E-state index contributed by atoms with van der Waals surface area (Å²) in [5, 5.41) is 2.98. The van der Waals surface area contributed by atoms with E-state index in [2.05, 4.69) is 19.2 Å². The molecule has 1 N–H and O–H groups in total. The van der Waals surface area contributed by atoms with E-state index in [1.807, 2.05) is 0 Å². The second kappa shape index (κ2) is 10.3. The van der Waals surface area contributed by atoms with Crippen LogP contribution in [0, 0.1) is 17.8 Å². The largest absolute Gasteiger partial charge is 0.381 e. The molecule has 2 rings (SSSR count). The first kappa shape index (κ1) is 20.4. The Bertz CT molecular complexity index is 423. The quantitative estimate of drug-likeness (QED) is 0.613. The molecule has 0 spiro atoms. The van der Waals surface area contributed by atoms with Crippen LogP contribution in [0.5, 0.6) is 0 Å². The lowest BCUT2D eigenvalue weighted by molar-refractivity contribution is -0.128. The van der Waals surface area contributed by atoms with Crippen LogP contribution in [0.15, 0.2) is 0 Å². The zero-order valence-corrected chi connectivity index (χ0v) is 16.1. The van der Waals surface area contributed by atoms with Gasteiger partial charge in [0.2, 0.25) is 5.91 Å². The molecule has 0 aliphatic heterocycles. The molecule has 5 nitrogen and oxygen atoms in total. The molecule has 144 valence electrons. The highest BCUT2D eigenvalue weighted by Gasteiger charge is 2.32. The van der Waals surface area contributed by atoms with Crippen molar-refractivity contribution in [2.75, 3.05) is 19.8 Å². The molecule has 0 radical (unpaired) electrons. The fraction of sp³-hybridized carbons (Fsp3) is 0.900. The van der Waals surface area contributed by atoms with Crippen molar-refractivity contribution in [2.45, 2.75) is 77.9 Å². The van der Waals surface area contributed by atoms with Crippen LogP contribution in [0.2, 0.25) is 0 Å². The van der Waals surface area contributed by atoms with Crippen molar-refractivity contribution in [1.82, 2.24) is 5.32 Å². The van der Waals surface area contributed by atoms with Gasteiger partial charge in [-0.25, -0.2) is 0 Å². The predicted octanol–water partition coefficient (Wildman–Crippen LogP) is 3.11. The van der Waals surface area contributed by atoms with Gasteiger partial charge in [-0.05, 0) is 71.1 Å². The normalized spacial score (nSPS) is 29.3. The first-order chi connectivity index (χ1) is 11.9. The number of Topliss-reactive ketones (excluding diaryl/α,β-unsaturated/α-hetero) is 1. The molecular weight excluding hydrogens is 318 g/mol. The topological polar surface area (TPSA) is 64.6 Å². The molecule has 2 saturated carbocycles. The van der Waals surface area contributed by atoms with Crippen molar-refractivity contribution in [1.29, 1.82) is 0 Å². The third-order valence-corrected chi connectivity index (χ3v) is 5.54. The van der Waals surface area contributed by atoms with Crippen LogP contribution >= 0.6 is 0 Å². The van der Waals surface area contributed by atoms with Gasteiger partial charge in [-0.2, -0.15) is 0 Å². The van der Waals surface area contributed by atoms with Crippen LogP contribution in [0.1, 0.15) is 65.7 Å². The maximum Gasteiger partial charge on any atom is 0.222 e. The van der Waals surface area contributed by atoms with Crippen LogP contribution in [-0.4, -0.2) is 43.7 Å². The molecule has 0 heterocycles. The summed E-state index contributed by atoms with van der Waals surface area (Å²) in [7, 11) is 0. The molecule has 0 aromatic carbocycles. The number of ketones is 1. The average Bonchev–Trinajstić information content (AvgIpc) is 2.53. The Morgan fingerprint density at radius 2 is 1.64 bits per heavy atom. The van der Waals surface area contributed by atoms with E-state index in [4.69, 9.17) is 9.47 Å². The Morgan fingerprint density at radius 3 is 2.20 bits per heavy atom. The molecule has 2 aliphatic rings. The van der Waals surface area contributed by atoms with Gasteiger partial charge in [0, 0.05) is 31.6 Å². The summed E-state index contributed by atoms with van der Waals surface area (Å²) in [6.45, 7) is 7.94. The molecule has 1 amide bonds. The standard InChI is InChI=1S/C20H35NO4/c1-14(2)25-13-17-6-4-16(5-7-17)12-24-9-8-20(23)21-19-10-18(11-19)15(3)22/h14,16-19H,4-13H2,1-3H3,(H,21,23)/t16-,17+,18-,19+. The Labute approximate surface area is 152 Å². The third-order valence-electron chi connectivity index (χ3n) is 5.54. The minimum atomic E-state index is 0.0431. The number of ether oxygens (including phenoxy) is 2. The number of carbonyl (C=O) groups excluding carboxylic acids is 2. The van der Waals surface area contributed by atoms with Crippen LogP contribution in [0.4, 0.5) is 0 Å². The highest BCUT2D eigenvalue weighted by atomic mass is 16.5. The number of hydrogen-bond donors (Lipinski definition) is 1. The Hall–Kier alpha value is -0.940. The van der Waals surface area contributed by atoms with Gasteiger partial charge < -0.3 is 14.8 Å². The van der Waals surface area contributed by atoms with Crippen molar-refractivity contribution in [3.8, 4) is 0 Å². The maximum absolute atomic E-state index is 11.9. The van der Waals surface area contributed by atoms with Crippen molar-refractivity contribution in [3.63, 3.8) is 0 Å². The fourth-order valence-corrected chi connectivity index (χ4v) is 3.68. The number of hydrogen-bond acceptors (Lipinski definition) is 4. The van der Waals surface area contributed by atoms with Gasteiger partial charge in [0.1, 0.15) is 5.78 Å². The summed E-state index contributed by atoms with van der Waals surface area (Å²) >= 11 is 0. The van der Waals surface area contributed by atoms with E-state index >= 15 is 0 Å². The lowest BCUT2D eigenvalue weighted by Gasteiger charge is -2.34. The van der Waals surface area contributed by atoms with Crippen molar-refractivity contribution in [2.24, 2.45) is 17.8 Å². The summed E-state index contributed by atoms with van der Waals surface area (Å²) < 4.78 is 11.4. The molecule has 25 heavy (non-hydrogen) atoms. The van der Waals surface area contributed by atoms with Gasteiger partial charge >= 0.3 is 0 Å². The summed E-state index contributed by atoms with van der Waals surface area (Å²) in [6, 6.07) is 0.185. The van der Waals surface area contributed by atoms with Crippen molar-refractivity contribution in [3.05, 3.63) is 0 Å². The smallest absolute Gasteiger partial charge is 0.222 e. The van der Waals surface area contributed by atoms with Gasteiger partial charge in [0.05, 0.1) is 12.7 Å². The van der Waals surface area contributed by atoms with E-state index in [1.165, 1.54) is 25.7 Å². The molecule has 0 unspecified atom stereocenters. The Kier molecular flexibility index (Phi) is 8.37.